The fourth-order valence-corrected chi connectivity index (χ4v) is 2.19. The molecule has 2 rings (SSSR count). The lowest BCUT2D eigenvalue weighted by molar-refractivity contribution is -0.109. The van der Waals surface area contributed by atoms with Gasteiger partial charge >= 0.3 is 0 Å². The third-order valence-electron chi connectivity index (χ3n) is 3.51. The first kappa shape index (κ1) is 13.2. The summed E-state index contributed by atoms with van der Waals surface area (Å²) in [4.78, 5) is 15.4. The Morgan fingerprint density at radius 2 is 1.83 bits per heavy atom. The topological polar surface area (TPSA) is 49.6 Å². The molecule has 0 aliphatic carbocycles. The Morgan fingerprint density at radius 1 is 1.22 bits per heavy atom. The Bertz CT molecular complexity index is 383. The maximum Gasteiger partial charge on any atom is 0.141 e. The van der Waals surface area contributed by atoms with Gasteiger partial charge in [0.05, 0.1) is 6.04 Å². The Morgan fingerprint density at radius 3 is 2.39 bits per heavy atom. The summed E-state index contributed by atoms with van der Waals surface area (Å²) in [6, 6.07) is 7.53. The molecule has 4 heteroatoms. The molecule has 1 saturated heterocycles. The Hall–Kier alpha value is -1.23. The summed E-state index contributed by atoms with van der Waals surface area (Å²) in [6.07, 6.45) is 0.773. The van der Waals surface area contributed by atoms with E-state index in [1.54, 1.807) is 0 Å². The van der Waals surface area contributed by atoms with Crippen LogP contribution in [0.3, 0.4) is 0 Å². The number of rotatable bonds is 4. The van der Waals surface area contributed by atoms with E-state index in [4.69, 9.17) is 5.73 Å². The molecule has 1 heterocycles. The predicted octanol–water partition coefficient (Wildman–Crippen LogP) is 0.633. The molecule has 18 heavy (non-hydrogen) atoms. The Labute approximate surface area is 108 Å². The smallest absolute Gasteiger partial charge is 0.141 e. The molecule has 0 saturated carbocycles. The minimum atomic E-state index is -0.498. The van der Waals surface area contributed by atoms with Gasteiger partial charge < -0.3 is 15.4 Å². The lowest BCUT2D eigenvalue weighted by atomic mass is 10.1. The van der Waals surface area contributed by atoms with Crippen molar-refractivity contribution in [2.45, 2.75) is 12.6 Å². The van der Waals surface area contributed by atoms with Crippen LogP contribution in [0.2, 0.25) is 0 Å². The molecule has 0 amide bonds. The molecule has 0 radical (unpaired) electrons. The normalized spacial score (nSPS) is 19.7. The van der Waals surface area contributed by atoms with Crippen molar-refractivity contribution in [2.24, 2.45) is 5.73 Å². The molecule has 2 N–H and O–H groups in total. The average molecular weight is 247 g/mol. The van der Waals surface area contributed by atoms with Crippen LogP contribution in [0.15, 0.2) is 24.3 Å². The molecule has 1 atom stereocenters. The molecule has 0 spiro atoms. The van der Waals surface area contributed by atoms with Crippen molar-refractivity contribution in [2.75, 3.05) is 33.2 Å². The number of nitrogens with zero attached hydrogens (tertiary/aromatic N) is 2. The van der Waals surface area contributed by atoms with Crippen LogP contribution in [0.4, 0.5) is 0 Å². The molecule has 0 bridgehead atoms. The van der Waals surface area contributed by atoms with Crippen LogP contribution in [0.1, 0.15) is 17.2 Å². The van der Waals surface area contributed by atoms with Crippen molar-refractivity contribution >= 4 is 6.29 Å². The number of likely N-dealkylation sites (N-methyl/N-ethyl adjacent to an activating group) is 1. The van der Waals surface area contributed by atoms with Gasteiger partial charge in [0.25, 0.3) is 0 Å². The van der Waals surface area contributed by atoms with E-state index in [2.05, 4.69) is 29.0 Å². The Kier molecular flexibility index (Phi) is 4.47. The van der Waals surface area contributed by atoms with Crippen molar-refractivity contribution < 1.29 is 4.79 Å². The molecule has 1 aromatic carbocycles. The SMILES string of the molecule is CN1CCN(Cc2ccc(C(N)C=O)cc2)CC1. The minimum absolute atomic E-state index is 0.498. The van der Waals surface area contributed by atoms with Gasteiger partial charge in [0, 0.05) is 32.7 Å². The lowest BCUT2D eigenvalue weighted by Crippen LogP contribution is -2.43. The number of piperazine rings is 1. The predicted molar refractivity (Wildman–Crippen MR) is 72.2 cm³/mol. The maximum absolute atomic E-state index is 10.6. The lowest BCUT2D eigenvalue weighted by Gasteiger charge is -2.32. The zero-order chi connectivity index (χ0) is 13.0. The summed E-state index contributed by atoms with van der Waals surface area (Å²) in [7, 11) is 2.16. The number of benzene rings is 1. The molecular formula is C14H21N3O. The summed E-state index contributed by atoms with van der Waals surface area (Å²) < 4.78 is 0. The van der Waals surface area contributed by atoms with E-state index in [9.17, 15) is 4.79 Å². The van der Waals surface area contributed by atoms with Gasteiger partial charge in [-0.05, 0) is 18.2 Å². The van der Waals surface area contributed by atoms with E-state index in [-0.39, 0.29) is 0 Å². The van der Waals surface area contributed by atoms with Gasteiger partial charge in [0.1, 0.15) is 6.29 Å². The first-order chi connectivity index (χ1) is 8.69. The Balaban J connectivity index is 1.92. The van der Waals surface area contributed by atoms with Gasteiger partial charge in [-0.15, -0.1) is 0 Å². The molecule has 0 aromatic heterocycles. The number of hydrogen-bond donors (Lipinski definition) is 1. The highest BCUT2D eigenvalue weighted by Gasteiger charge is 2.13. The van der Waals surface area contributed by atoms with Crippen LogP contribution >= 0.6 is 0 Å². The molecule has 1 aliphatic rings. The molecular weight excluding hydrogens is 226 g/mol. The second kappa shape index (κ2) is 6.09. The monoisotopic (exact) mass is 247 g/mol. The maximum atomic E-state index is 10.6. The van der Waals surface area contributed by atoms with E-state index >= 15 is 0 Å². The zero-order valence-electron chi connectivity index (χ0n) is 10.9. The third-order valence-corrected chi connectivity index (χ3v) is 3.51. The van der Waals surface area contributed by atoms with Crippen LogP contribution in [-0.4, -0.2) is 49.3 Å². The molecule has 1 unspecified atom stereocenters. The van der Waals surface area contributed by atoms with Crippen molar-refractivity contribution in [3.8, 4) is 0 Å². The van der Waals surface area contributed by atoms with Crippen LogP contribution in [0.5, 0.6) is 0 Å². The zero-order valence-corrected chi connectivity index (χ0v) is 10.9. The number of hydrogen-bond acceptors (Lipinski definition) is 4. The molecule has 4 nitrogen and oxygen atoms in total. The number of carbonyl (C=O) groups excluding carboxylic acids is 1. The van der Waals surface area contributed by atoms with Crippen molar-refractivity contribution in [1.82, 2.24) is 9.80 Å². The first-order valence-corrected chi connectivity index (χ1v) is 6.39. The van der Waals surface area contributed by atoms with Gasteiger partial charge in [-0.1, -0.05) is 24.3 Å². The second-order valence-electron chi connectivity index (χ2n) is 4.98. The fourth-order valence-electron chi connectivity index (χ4n) is 2.19. The number of carbonyl (C=O) groups is 1. The van der Waals surface area contributed by atoms with Crippen LogP contribution in [-0.2, 0) is 11.3 Å². The van der Waals surface area contributed by atoms with Gasteiger partial charge in [0.15, 0.2) is 0 Å². The van der Waals surface area contributed by atoms with Gasteiger partial charge in [-0.25, -0.2) is 0 Å². The standard InChI is InChI=1S/C14H21N3O/c1-16-6-8-17(9-7-16)10-12-2-4-13(5-3-12)14(15)11-18/h2-5,11,14H,6-10,15H2,1H3. The number of aldehydes is 1. The van der Waals surface area contributed by atoms with E-state index in [1.165, 1.54) is 5.56 Å². The van der Waals surface area contributed by atoms with Crippen molar-refractivity contribution in [1.29, 1.82) is 0 Å². The highest BCUT2D eigenvalue weighted by atomic mass is 16.1. The molecule has 1 fully saturated rings. The second-order valence-corrected chi connectivity index (χ2v) is 4.98. The van der Waals surface area contributed by atoms with Crippen molar-refractivity contribution in [3.05, 3.63) is 35.4 Å². The van der Waals surface area contributed by atoms with E-state index < -0.39 is 6.04 Å². The minimum Gasteiger partial charge on any atom is -0.318 e. The third kappa shape index (κ3) is 3.38. The summed E-state index contributed by atoms with van der Waals surface area (Å²) in [5, 5.41) is 0. The van der Waals surface area contributed by atoms with Gasteiger partial charge in [0.2, 0.25) is 0 Å². The molecule has 1 aromatic rings. The summed E-state index contributed by atoms with van der Waals surface area (Å²) in [6.45, 7) is 5.48. The molecule has 1 aliphatic heterocycles. The van der Waals surface area contributed by atoms with Gasteiger partial charge in [-0.2, -0.15) is 0 Å². The largest absolute Gasteiger partial charge is 0.318 e. The summed E-state index contributed by atoms with van der Waals surface area (Å²) in [5.74, 6) is 0. The highest BCUT2D eigenvalue weighted by molar-refractivity contribution is 5.60. The van der Waals surface area contributed by atoms with Crippen LogP contribution < -0.4 is 5.73 Å². The van der Waals surface area contributed by atoms with Crippen LogP contribution in [0.25, 0.3) is 0 Å². The summed E-state index contributed by atoms with van der Waals surface area (Å²) >= 11 is 0. The van der Waals surface area contributed by atoms with Crippen molar-refractivity contribution in [3.63, 3.8) is 0 Å². The number of nitrogens with two attached hydrogens (primary N) is 1. The first-order valence-electron chi connectivity index (χ1n) is 6.39. The van der Waals surface area contributed by atoms with Gasteiger partial charge in [-0.3, -0.25) is 4.90 Å². The quantitative estimate of drug-likeness (QED) is 0.793. The van der Waals surface area contributed by atoms with E-state index in [0.717, 1.165) is 44.6 Å². The van der Waals surface area contributed by atoms with E-state index in [0.29, 0.717) is 0 Å². The molecule has 98 valence electrons. The highest BCUT2D eigenvalue weighted by Crippen LogP contribution is 2.12. The average Bonchev–Trinajstić information content (AvgIpc) is 2.41. The van der Waals surface area contributed by atoms with Crippen LogP contribution in [0, 0.1) is 0 Å². The van der Waals surface area contributed by atoms with E-state index in [1.807, 2.05) is 12.1 Å². The fraction of sp³-hybridized carbons (Fsp3) is 0.500. The summed E-state index contributed by atoms with van der Waals surface area (Å²) in [5.41, 5.74) is 7.82.